The van der Waals surface area contributed by atoms with E-state index >= 15 is 0 Å². The maximum absolute atomic E-state index is 12.3. The van der Waals surface area contributed by atoms with Gasteiger partial charge in [0.25, 0.3) is 5.91 Å². The van der Waals surface area contributed by atoms with E-state index in [9.17, 15) is 4.79 Å². The van der Waals surface area contributed by atoms with E-state index in [0.717, 1.165) is 12.1 Å². The first-order valence-corrected chi connectivity index (χ1v) is 9.98. The van der Waals surface area contributed by atoms with Gasteiger partial charge in [-0.05, 0) is 56.1 Å². The molecule has 0 aliphatic carbocycles. The fourth-order valence-corrected chi connectivity index (χ4v) is 3.44. The number of piperidine rings is 1. The Morgan fingerprint density at radius 1 is 1.07 bits per heavy atom. The lowest BCUT2D eigenvalue weighted by Gasteiger charge is -2.26. The molecule has 2 aromatic rings. The minimum absolute atomic E-state index is 0.160. The molecule has 5 heteroatoms. The zero-order valence-electron chi connectivity index (χ0n) is 15.8. The van der Waals surface area contributed by atoms with Crippen molar-refractivity contribution in [2.75, 3.05) is 13.1 Å². The van der Waals surface area contributed by atoms with Crippen LogP contribution in [0.3, 0.4) is 0 Å². The molecule has 1 atom stereocenters. The van der Waals surface area contributed by atoms with E-state index in [2.05, 4.69) is 34.5 Å². The van der Waals surface area contributed by atoms with Crippen LogP contribution in [-0.4, -0.2) is 30.0 Å². The Balaban J connectivity index is 1.46. The molecule has 0 spiro atoms. The van der Waals surface area contributed by atoms with Crippen LogP contribution in [0.15, 0.2) is 48.5 Å². The van der Waals surface area contributed by atoms with Crippen molar-refractivity contribution < 1.29 is 9.53 Å². The van der Waals surface area contributed by atoms with Crippen molar-refractivity contribution in [3.05, 3.63) is 64.7 Å². The van der Waals surface area contributed by atoms with E-state index in [1.807, 2.05) is 12.1 Å². The maximum atomic E-state index is 12.3. The van der Waals surface area contributed by atoms with Crippen molar-refractivity contribution in [1.29, 1.82) is 0 Å². The zero-order valence-corrected chi connectivity index (χ0v) is 16.5. The number of benzene rings is 2. The van der Waals surface area contributed by atoms with E-state index < -0.39 is 6.10 Å². The lowest BCUT2D eigenvalue weighted by Crippen LogP contribution is -2.35. The number of rotatable bonds is 7. The molecule has 1 unspecified atom stereocenters. The SMILES string of the molecule is CC(Oc1ccccc1Cl)C(=O)NCc1ccc(CN2CCCCC2)cc1. The van der Waals surface area contributed by atoms with Gasteiger partial charge in [0.05, 0.1) is 5.02 Å². The normalized spacial score (nSPS) is 15.9. The van der Waals surface area contributed by atoms with E-state index in [-0.39, 0.29) is 5.91 Å². The number of halogens is 1. The second-order valence-electron chi connectivity index (χ2n) is 7.06. The smallest absolute Gasteiger partial charge is 0.261 e. The topological polar surface area (TPSA) is 41.6 Å². The van der Waals surface area contributed by atoms with Gasteiger partial charge in [0.15, 0.2) is 6.10 Å². The monoisotopic (exact) mass is 386 g/mol. The predicted molar refractivity (Wildman–Crippen MR) is 109 cm³/mol. The van der Waals surface area contributed by atoms with E-state index in [1.54, 1.807) is 19.1 Å². The number of nitrogens with one attached hydrogen (secondary N) is 1. The first-order chi connectivity index (χ1) is 13.1. The summed E-state index contributed by atoms with van der Waals surface area (Å²) in [6.45, 7) is 5.61. The highest BCUT2D eigenvalue weighted by atomic mass is 35.5. The van der Waals surface area contributed by atoms with Gasteiger partial charge in [-0.2, -0.15) is 0 Å². The van der Waals surface area contributed by atoms with Crippen LogP contribution in [0.25, 0.3) is 0 Å². The summed E-state index contributed by atoms with van der Waals surface area (Å²) in [5.41, 5.74) is 2.40. The highest BCUT2D eigenvalue weighted by Crippen LogP contribution is 2.24. The second kappa shape index (κ2) is 9.77. The van der Waals surface area contributed by atoms with Crippen LogP contribution in [0.5, 0.6) is 5.75 Å². The first kappa shape index (κ1) is 19.7. The van der Waals surface area contributed by atoms with Crippen LogP contribution < -0.4 is 10.1 Å². The van der Waals surface area contributed by atoms with Gasteiger partial charge < -0.3 is 10.1 Å². The molecule has 2 aromatic carbocycles. The zero-order chi connectivity index (χ0) is 19.1. The molecule has 0 bridgehead atoms. The van der Waals surface area contributed by atoms with Crippen LogP contribution in [0.2, 0.25) is 5.02 Å². The fourth-order valence-electron chi connectivity index (χ4n) is 3.26. The number of amides is 1. The summed E-state index contributed by atoms with van der Waals surface area (Å²) in [5.74, 6) is 0.358. The number of para-hydroxylation sites is 1. The summed E-state index contributed by atoms with van der Waals surface area (Å²) in [4.78, 5) is 14.8. The number of ether oxygens (including phenoxy) is 1. The number of hydrogen-bond donors (Lipinski definition) is 1. The Morgan fingerprint density at radius 3 is 2.44 bits per heavy atom. The number of hydrogen-bond acceptors (Lipinski definition) is 3. The molecule has 144 valence electrons. The summed E-state index contributed by atoms with van der Waals surface area (Å²) in [5, 5.41) is 3.42. The van der Waals surface area contributed by atoms with Crippen molar-refractivity contribution in [2.24, 2.45) is 0 Å². The molecule has 1 aliphatic heterocycles. The number of nitrogens with zero attached hydrogens (tertiary/aromatic N) is 1. The quantitative estimate of drug-likeness (QED) is 0.766. The molecule has 0 aromatic heterocycles. The van der Waals surface area contributed by atoms with Crippen LogP contribution in [0.4, 0.5) is 0 Å². The van der Waals surface area contributed by atoms with Crippen molar-refractivity contribution in [1.82, 2.24) is 10.2 Å². The number of carbonyl (C=O) groups excluding carboxylic acids is 1. The van der Waals surface area contributed by atoms with Gasteiger partial charge in [0, 0.05) is 13.1 Å². The second-order valence-corrected chi connectivity index (χ2v) is 7.47. The summed E-state index contributed by atoms with van der Waals surface area (Å²) in [6, 6.07) is 15.6. The molecule has 0 saturated carbocycles. The molecule has 1 fully saturated rings. The Morgan fingerprint density at radius 2 is 1.74 bits per heavy atom. The van der Waals surface area contributed by atoms with Gasteiger partial charge in [0.1, 0.15) is 5.75 Å². The van der Waals surface area contributed by atoms with Crippen LogP contribution in [0, 0.1) is 0 Å². The number of carbonyl (C=O) groups is 1. The Kier molecular flexibility index (Phi) is 7.13. The molecule has 27 heavy (non-hydrogen) atoms. The van der Waals surface area contributed by atoms with Gasteiger partial charge in [-0.15, -0.1) is 0 Å². The Labute approximate surface area is 166 Å². The van der Waals surface area contributed by atoms with Crippen LogP contribution in [0.1, 0.15) is 37.3 Å². The van der Waals surface area contributed by atoms with Gasteiger partial charge >= 0.3 is 0 Å². The molecule has 1 saturated heterocycles. The van der Waals surface area contributed by atoms with Crippen molar-refractivity contribution in [3.63, 3.8) is 0 Å². The highest BCUT2D eigenvalue weighted by molar-refractivity contribution is 6.32. The third-order valence-electron chi connectivity index (χ3n) is 4.85. The van der Waals surface area contributed by atoms with Crippen molar-refractivity contribution in [2.45, 2.75) is 45.4 Å². The minimum atomic E-state index is -0.608. The summed E-state index contributed by atoms with van der Waals surface area (Å²) in [7, 11) is 0. The molecular formula is C22H27ClN2O2. The molecule has 1 N–H and O–H groups in total. The standard InChI is InChI=1S/C22H27ClN2O2/c1-17(27-21-8-4-3-7-20(21)23)22(26)24-15-18-9-11-19(12-10-18)16-25-13-5-2-6-14-25/h3-4,7-12,17H,2,5-6,13-16H2,1H3,(H,24,26). The molecular weight excluding hydrogens is 360 g/mol. The average molecular weight is 387 g/mol. The van der Waals surface area contributed by atoms with Crippen LogP contribution >= 0.6 is 11.6 Å². The molecule has 0 radical (unpaired) electrons. The lowest BCUT2D eigenvalue weighted by molar-refractivity contribution is -0.127. The Bertz CT molecular complexity index is 742. The highest BCUT2D eigenvalue weighted by Gasteiger charge is 2.15. The maximum Gasteiger partial charge on any atom is 0.261 e. The summed E-state index contributed by atoms with van der Waals surface area (Å²) >= 11 is 6.07. The van der Waals surface area contributed by atoms with Gasteiger partial charge in [-0.3, -0.25) is 9.69 Å². The fraction of sp³-hybridized carbons (Fsp3) is 0.409. The van der Waals surface area contributed by atoms with E-state index in [4.69, 9.17) is 16.3 Å². The number of likely N-dealkylation sites (tertiary alicyclic amines) is 1. The van der Waals surface area contributed by atoms with Gasteiger partial charge in [-0.25, -0.2) is 0 Å². The Hall–Kier alpha value is -2.04. The largest absolute Gasteiger partial charge is 0.479 e. The van der Waals surface area contributed by atoms with E-state index in [0.29, 0.717) is 17.3 Å². The molecule has 4 nitrogen and oxygen atoms in total. The lowest BCUT2D eigenvalue weighted by atomic mass is 10.1. The third kappa shape index (κ3) is 5.98. The van der Waals surface area contributed by atoms with E-state index in [1.165, 1.54) is 37.9 Å². The molecule has 1 heterocycles. The molecule has 1 aliphatic rings. The van der Waals surface area contributed by atoms with Gasteiger partial charge in [-0.1, -0.05) is 54.4 Å². The minimum Gasteiger partial charge on any atom is -0.479 e. The summed E-state index contributed by atoms with van der Waals surface area (Å²) < 4.78 is 5.65. The van der Waals surface area contributed by atoms with Crippen molar-refractivity contribution in [3.8, 4) is 5.75 Å². The molecule has 1 amide bonds. The molecule has 3 rings (SSSR count). The summed E-state index contributed by atoms with van der Waals surface area (Å²) in [6.07, 6.45) is 3.36. The first-order valence-electron chi connectivity index (χ1n) is 9.61. The van der Waals surface area contributed by atoms with Gasteiger partial charge in [0.2, 0.25) is 0 Å². The predicted octanol–water partition coefficient (Wildman–Crippen LogP) is 4.41. The third-order valence-corrected chi connectivity index (χ3v) is 5.17. The average Bonchev–Trinajstić information content (AvgIpc) is 2.69. The van der Waals surface area contributed by atoms with Crippen molar-refractivity contribution >= 4 is 17.5 Å². The van der Waals surface area contributed by atoms with Crippen LogP contribution in [-0.2, 0) is 17.9 Å².